The van der Waals surface area contributed by atoms with E-state index in [0.29, 0.717) is 13.2 Å². The number of nitriles is 1. The summed E-state index contributed by atoms with van der Waals surface area (Å²) >= 11 is 0. The van der Waals surface area contributed by atoms with Gasteiger partial charge in [-0.2, -0.15) is 18.4 Å². The van der Waals surface area contributed by atoms with Crippen LogP contribution in [0.4, 0.5) is 19.0 Å². The van der Waals surface area contributed by atoms with E-state index in [0.717, 1.165) is 25.0 Å². The molecule has 0 aliphatic carbocycles. The SMILES string of the molecule is CN(CC1CCCO1)c1nc(C(F)(F)F)ccc1C#N. The lowest BCUT2D eigenvalue weighted by Gasteiger charge is -2.23. The predicted molar refractivity (Wildman–Crippen MR) is 66.2 cm³/mol. The number of likely N-dealkylation sites (N-methyl/N-ethyl adjacent to an activating group) is 1. The van der Waals surface area contributed by atoms with Crippen LogP contribution in [0.5, 0.6) is 0 Å². The van der Waals surface area contributed by atoms with Crippen molar-refractivity contribution in [2.45, 2.75) is 25.1 Å². The Kier molecular flexibility index (Phi) is 4.14. The van der Waals surface area contributed by atoms with Gasteiger partial charge in [-0.3, -0.25) is 0 Å². The van der Waals surface area contributed by atoms with Gasteiger partial charge in [0.2, 0.25) is 0 Å². The molecule has 0 aromatic carbocycles. The molecule has 4 nitrogen and oxygen atoms in total. The van der Waals surface area contributed by atoms with E-state index in [1.807, 2.05) is 6.07 Å². The summed E-state index contributed by atoms with van der Waals surface area (Å²) in [5, 5.41) is 8.99. The Bertz CT molecular complexity index is 519. The van der Waals surface area contributed by atoms with Gasteiger partial charge < -0.3 is 9.64 Å². The van der Waals surface area contributed by atoms with Crippen LogP contribution in [-0.2, 0) is 10.9 Å². The fraction of sp³-hybridized carbons (Fsp3) is 0.538. The first-order chi connectivity index (χ1) is 9.41. The van der Waals surface area contributed by atoms with Gasteiger partial charge in [0.25, 0.3) is 0 Å². The maximum Gasteiger partial charge on any atom is 0.433 e. The zero-order valence-corrected chi connectivity index (χ0v) is 10.9. The van der Waals surface area contributed by atoms with E-state index in [1.165, 1.54) is 0 Å². The van der Waals surface area contributed by atoms with Gasteiger partial charge in [0.1, 0.15) is 17.6 Å². The number of aromatic nitrogens is 1. The van der Waals surface area contributed by atoms with Crippen LogP contribution < -0.4 is 4.90 Å². The fourth-order valence-corrected chi connectivity index (χ4v) is 2.16. The minimum atomic E-state index is -4.52. The molecule has 1 saturated heterocycles. The van der Waals surface area contributed by atoms with Gasteiger partial charge in [0, 0.05) is 20.2 Å². The van der Waals surface area contributed by atoms with Crippen molar-refractivity contribution in [3.63, 3.8) is 0 Å². The quantitative estimate of drug-likeness (QED) is 0.856. The summed E-state index contributed by atoms with van der Waals surface area (Å²) in [5.41, 5.74) is -0.871. The van der Waals surface area contributed by atoms with Crippen molar-refractivity contribution < 1.29 is 17.9 Å². The number of anilines is 1. The van der Waals surface area contributed by atoms with Crippen LogP contribution in [0.1, 0.15) is 24.1 Å². The van der Waals surface area contributed by atoms with Crippen LogP contribution in [0.3, 0.4) is 0 Å². The molecule has 0 saturated carbocycles. The van der Waals surface area contributed by atoms with Gasteiger partial charge in [0.15, 0.2) is 0 Å². The highest BCUT2D eigenvalue weighted by atomic mass is 19.4. The van der Waals surface area contributed by atoms with Gasteiger partial charge >= 0.3 is 6.18 Å². The Morgan fingerprint density at radius 1 is 1.50 bits per heavy atom. The molecule has 7 heteroatoms. The third-order valence-electron chi connectivity index (χ3n) is 3.15. The molecule has 0 N–H and O–H groups in total. The van der Waals surface area contributed by atoms with Crippen molar-refractivity contribution in [2.75, 3.05) is 25.1 Å². The molecule has 1 aromatic heterocycles. The van der Waals surface area contributed by atoms with Crippen molar-refractivity contribution in [3.05, 3.63) is 23.4 Å². The van der Waals surface area contributed by atoms with Crippen LogP contribution in [0.25, 0.3) is 0 Å². The first kappa shape index (κ1) is 14.6. The van der Waals surface area contributed by atoms with Gasteiger partial charge in [-0.15, -0.1) is 0 Å². The minimum absolute atomic E-state index is 0.0251. The number of halogens is 3. The molecule has 1 fully saturated rings. The number of hydrogen-bond acceptors (Lipinski definition) is 4. The van der Waals surface area contributed by atoms with Gasteiger partial charge in [-0.1, -0.05) is 0 Å². The van der Waals surface area contributed by atoms with E-state index in [1.54, 1.807) is 11.9 Å². The maximum absolute atomic E-state index is 12.7. The first-order valence-electron chi connectivity index (χ1n) is 6.23. The summed E-state index contributed by atoms with van der Waals surface area (Å²) < 4.78 is 43.5. The zero-order valence-electron chi connectivity index (χ0n) is 10.9. The second-order valence-electron chi connectivity index (χ2n) is 4.69. The average Bonchev–Trinajstić information content (AvgIpc) is 2.89. The normalized spacial score (nSPS) is 18.9. The third kappa shape index (κ3) is 3.20. The molecule has 1 aromatic rings. The van der Waals surface area contributed by atoms with E-state index < -0.39 is 11.9 Å². The lowest BCUT2D eigenvalue weighted by atomic mass is 10.2. The van der Waals surface area contributed by atoms with Crippen molar-refractivity contribution in [1.29, 1.82) is 5.26 Å². The molecular weight excluding hydrogens is 271 g/mol. The maximum atomic E-state index is 12.7. The minimum Gasteiger partial charge on any atom is -0.376 e. The second-order valence-corrected chi connectivity index (χ2v) is 4.69. The van der Waals surface area contributed by atoms with Crippen molar-refractivity contribution in [3.8, 4) is 6.07 Å². The molecular formula is C13H14F3N3O. The molecule has 2 heterocycles. The number of ether oxygens (including phenoxy) is 1. The topological polar surface area (TPSA) is 49.1 Å². The lowest BCUT2D eigenvalue weighted by molar-refractivity contribution is -0.141. The number of hydrogen-bond donors (Lipinski definition) is 0. The first-order valence-corrected chi connectivity index (χ1v) is 6.23. The monoisotopic (exact) mass is 285 g/mol. The number of alkyl halides is 3. The van der Waals surface area contributed by atoms with Crippen molar-refractivity contribution in [2.24, 2.45) is 0 Å². The Balaban J connectivity index is 2.25. The molecule has 1 aliphatic rings. The zero-order chi connectivity index (χ0) is 14.8. The molecule has 0 spiro atoms. The average molecular weight is 285 g/mol. The smallest absolute Gasteiger partial charge is 0.376 e. The Labute approximate surface area is 114 Å². The molecule has 1 atom stereocenters. The summed E-state index contributed by atoms with van der Waals surface area (Å²) in [6.07, 6.45) is -2.74. The lowest BCUT2D eigenvalue weighted by Crippen LogP contribution is -2.30. The van der Waals surface area contributed by atoms with Crippen LogP contribution in [0.2, 0.25) is 0 Å². The molecule has 1 aliphatic heterocycles. The summed E-state index contributed by atoms with van der Waals surface area (Å²) in [5.74, 6) is 0.0397. The molecule has 20 heavy (non-hydrogen) atoms. The van der Waals surface area contributed by atoms with Gasteiger partial charge in [-0.05, 0) is 25.0 Å². The van der Waals surface area contributed by atoms with Crippen LogP contribution in [0, 0.1) is 11.3 Å². The van der Waals surface area contributed by atoms with E-state index in [2.05, 4.69) is 4.98 Å². The summed E-state index contributed by atoms with van der Waals surface area (Å²) in [6, 6.07) is 3.84. The second kappa shape index (κ2) is 5.67. The van der Waals surface area contributed by atoms with Crippen molar-refractivity contribution >= 4 is 5.82 Å². The van der Waals surface area contributed by atoms with E-state index in [4.69, 9.17) is 10.00 Å². The summed E-state index contributed by atoms with van der Waals surface area (Å²) in [7, 11) is 1.62. The molecule has 108 valence electrons. The molecule has 2 rings (SSSR count). The summed E-state index contributed by atoms with van der Waals surface area (Å²) in [4.78, 5) is 5.13. The summed E-state index contributed by atoms with van der Waals surface area (Å²) in [6.45, 7) is 1.09. The largest absolute Gasteiger partial charge is 0.433 e. The predicted octanol–water partition coefficient (Wildman–Crippen LogP) is 2.59. The van der Waals surface area contributed by atoms with Crippen LogP contribution >= 0.6 is 0 Å². The van der Waals surface area contributed by atoms with E-state index in [-0.39, 0.29) is 17.5 Å². The highest BCUT2D eigenvalue weighted by molar-refractivity contribution is 5.54. The third-order valence-corrected chi connectivity index (χ3v) is 3.15. The van der Waals surface area contributed by atoms with Crippen LogP contribution in [-0.4, -0.2) is 31.3 Å². The van der Waals surface area contributed by atoms with Crippen LogP contribution in [0.15, 0.2) is 12.1 Å². The van der Waals surface area contributed by atoms with Gasteiger partial charge in [0.05, 0.1) is 11.7 Å². The Hall–Kier alpha value is -1.81. The standard InChI is InChI=1S/C13H14F3N3O/c1-19(8-10-3-2-6-20-10)12-9(7-17)4-5-11(18-12)13(14,15)16/h4-5,10H,2-3,6,8H2,1H3. The Morgan fingerprint density at radius 2 is 2.25 bits per heavy atom. The molecule has 0 radical (unpaired) electrons. The van der Waals surface area contributed by atoms with E-state index in [9.17, 15) is 13.2 Å². The fourth-order valence-electron chi connectivity index (χ4n) is 2.16. The highest BCUT2D eigenvalue weighted by Gasteiger charge is 2.33. The Morgan fingerprint density at radius 3 is 2.80 bits per heavy atom. The number of rotatable bonds is 3. The molecule has 1 unspecified atom stereocenters. The number of pyridine rings is 1. The van der Waals surface area contributed by atoms with Crippen molar-refractivity contribution in [1.82, 2.24) is 4.98 Å². The number of nitrogens with zero attached hydrogens (tertiary/aromatic N) is 3. The molecule has 0 amide bonds. The van der Waals surface area contributed by atoms with Gasteiger partial charge in [-0.25, -0.2) is 4.98 Å². The van der Waals surface area contributed by atoms with E-state index >= 15 is 0 Å². The highest BCUT2D eigenvalue weighted by Crippen LogP contribution is 2.30. The molecule has 0 bridgehead atoms.